The van der Waals surface area contributed by atoms with Gasteiger partial charge in [0.05, 0.1) is 17.6 Å². The lowest BCUT2D eigenvalue weighted by Crippen LogP contribution is -2.30. The van der Waals surface area contributed by atoms with E-state index >= 15 is 0 Å². The zero-order valence-corrected chi connectivity index (χ0v) is 9.37. The molecule has 0 spiro atoms. The van der Waals surface area contributed by atoms with Crippen molar-refractivity contribution in [2.24, 2.45) is 0 Å². The van der Waals surface area contributed by atoms with Crippen LogP contribution in [-0.4, -0.2) is 35.6 Å². The lowest BCUT2D eigenvalue weighted by Gasteiger charge is -2.05. The molecule has 0 unspecified atom stereocenters. The second kappa shape index (κ2) is 5.62. The summed E-state index contributed by atoms with van der Waals surface area (Å²) >= 11 is 0. The Bertz CT molecular complexity index is 499. The Kier molecular flexibility index (Phi) is 4.19. The number of nitro groups is 1. The zero-order valence-electron chi connectivity index (χ0n) is 9.37. The molecule has 0 bridgehead atoms. The van der Waals surface area contributed by atoms with Crippen molar-refractivity contribution in [3.8, 4) is 5.75 Å². The summed E-state index contributed by atoms with van der Waals surface area (Å²) in [4.78, 5) is 32.1. The fourth-order valence-electron chi connectivity index (χ4n) is 1.18. The smallest absolute Gasteiger partial charge is 0.325 e. The Morgan fingerprint density at radius 1 is 1.50 bits per heavy atom. The number of carbonyl (C=O) groups excluding carboxylic acids is 2. The third-order valence-electron chi connectivity index (χ3n) is 2.08. The maximum absolute atomic E-state index is 11.6. The van der Waals surface area contributed by atoms with Gasteiger partial charge in [-0.1, -0.05) is 6.07 Å². The summed E-state index contributed by atoms with van der Waals surface area (Å²) < 4.78 is 4.30. The summed E-state index contributed by atoms with van der Waals surface area (Å²) in [5.41, 5.74) is -0.867. The van der Waals surface area contributed by atoms with Gasteiger partial charge in [0.15, 0.2) is 0 Å². The van der Waals surface area contributed by atoms with E-state index in [1.54, 1.807) is 0 Å². The molecule has 1 rings (SSSR count). The van der Waals surface area contributed by atoms with E-state index in [0.717, 1.165) is 13.2 Å². The Labute approximate surface area is 101 Å². The van der Waals surface area contributed by atoms with E-state index in [-0.39, 0.29) is 5.56 Å². The Hall–Kier alpha value is -2.64. The lowest BCUT2D eigenvalue weighted by atomic mass is 10.1. The predicted octanol–water partition coefficient (Wildman–Crippen LogP) is 0.203. The molecule has 8 heteroatoms. The van der Waals surface area contributed by atoms with E-state index in [4.69, 9.17) is 0 Å². The number of ether oxygens (including phenoxy) is 1. The summed E-state index contributed by atoms with van der Waals surface area (Å²) in [5, 5.41) is 22.2. The molecule has 0 aliphatic carbocycles. The molecule has 0 atom stereocenters. The zero-order chi connectivity index (χ0) is 13.7. The van der Waals surface area contributed by atoms with Gasteiger partial charge in [-0.3, -0.25) is 19.7 Å². The van der Waals surface area contributed by atoms with E-state index in [9.17, 15) is 24.8 Å². The number of nitrogens with one attached hydrogen (secondary N) is 1. The average molecular weight is 254 g/mol. The highest BCUT2D eigenvalue weighted by Gasteiger charge is 2.21. The summed E-state index contributed by atoms with van der Waals surface area (Å²) in [5.74, 6) is -2.22. The third-order valence-corrected chi connectivity index (χ3v) is 2.08. The highest BCUT2D eigenvalue weighted by Crippen LogP contribution is 2.28. The highest BCUT2D eigenvalue weighted by atomic mass is 16.6. The molecule has 0 heterocycles. The monoisotopic (exact) mass is 254 g/mol. The number of rotatable bonds is 4. The van der Waals surface area contributed by atoms with Crippen LogP contribution in [0.1, 0.15) is 10.4 Å². The SMILES string of the molecule is COC(=O)CNC(=O)c1cccc([N+](=O)[O-])c1O. The minimum absolute atomic E-state index is 0.284. The van der Waals surface area contributed by atoms with Crippen molar-refractivity contribution >= 4 is 17.6 Å². The van der Waals surface area contributed by atoms with Gasteiger partial charge < -0.3 is 15.2 Å². The first-order valence-corrected chi connectivity index (χ1v) is 4.78. The van der Waals surface area contributed by atoms with Crippen molar-refractivity contribution in [3.63, 3.8) is 0 Å². The Balaban J connectivity index is 2.90. The van der Waals surface area contributed by atoms with Crippen molar-refractivity contribution in [1.29, 1.82) is 0 Å². The van der Waals surface area contributed by atoms with E-state index in [1.807, 2.05) is 0 Å². The van der Waals surface area contributed by atoms with Crippen molar-refractivity contribution in [3.05, 3.63) is 33.9 Å². The molecule has 0 saturated carbocycles. The number of carbonyl (C=O) groups is 2. The predicted molar refractivity (Wildman–Crippen MR) is 59.1 cm³/mol. The van der Waals surface area contributed by atoms with Gasteiger partial charge in [0, 0.05) is 6.07 Å². The molecule has 1 aromatic carbocycles. The van der Waals surface area contributed by atoms with Crippen LogP contribution in [0.5, 0.6) is 5.75 Å². The molecular formula is C10H10N2O6. The number of amides is 1. The van der Waals surface area contributed by atoms with Crippen LogP contribution >= 0.6 is 0 Å². The highest BCUT2D eigenvalue weighted by molar-refractivity contribution is 5.99. The quantitative estimate of drug-likeness (QED) is 0.450. The molecule has 8 nitrogen and oxygen atoms in total. The fraction of sp³-hybridized carbons (Fsp3) is 0.200. The van der Waals surface area contributed by atoms with E-state index < -0.39 is 34.8 Å². The second-order valence-electron chi connectivity index (χ2n) is 3.19. The van der Waals surface area contributed by atoms with E-state index in [1.165, 1.54) is 12.1 Å². The number of para-hydroxylation sites is 1. The van der Waals surface area contributed by atoms with Crippen LogP contribution in [0.4, 0.5) is 5.69 Å². The van der Waals surface area contributed by atoms with Crippen LogP contribution in [0.3, 0.4) is 0 Å². The number of phenolic OH excluding ortho intramolecular Hbond substituents is 1. The van der Waals surface area contributed by atoms with Crippen LogP contribution in [0.25, 0.3) is 0 Å². The Morgan fingerprint density at radius 2 is 2.17 bits per heavy atom. The number of nitro benzene ring substituents is 1. The van der Waals surface area contributed by atoms with Crippen LogP contribution in [0.2, 0.25) is 0 Å². The number of methoxy groups -OCH3 is 1. The third kappa shape index (κ3) is 2.94. The molecule has 1 aromatic rings. The van der Waals surface area contributed by atoms with Crippen molar-refractivity contribution in [1.82, 2.24) is 5.32 Å². The largest absolute Gasteiger partial charge is 0.502 e. The second-order valence-corrected chi connectivity index (χ2v) is 3.19. The molecule has 96 valence electrons. The molecule has 18 heavy (non-hydrogen) atoms. The van der Waals surface area contributed by atoms with Crippen LogP contribution < -0.4 is 5.32 Å². The minimum Gasteiger partial charge on any atom is -0.502 e. The number of aromatic hydroxyl groups is 1. The van der Waals surface area contributed by atoms with Gasteiger partial charge in [0.2, 0.25) is 5.75 Å². The number of hydrogen-bond donors (Lipinski definition) is 2. The molecule has 0 aliphatic rings. The molecule has 1 amide bonds. The number of benzene rings is 1. The molecule has 2 N–H and O–H groups in total. The number of phenols is 1. The molecule has 0 saturated heterocycles. The van der Waals surface area contributed by atoms with Gasteiger partial charge >= 0.3 is 11.7 Å². The summed E-state index contributed by atoms with van der Waals surface area (Å²) in [7, 11) is 1.15. The number of nitrogens with zero attached hydrogens (tertiary/aromatic N) is 1. The van der Waals surface area contributed by atoms with Gasteiger partial charge in [0.1, 0.15) is 6.54 Å². The minimum atomic E-state index is -0.813. The maximum atomic E-state index is 11.6. The first-order valence-electron chi connectivity index (χ1n) is 4.78. The Morgan fingerprint density at radius 3 is 2.72 bits per heavy atom. The van der Waals surface area contributed by atoms with Crippen LogP contribution in [0.15, 0.2) is 18.2 Å². The summed E-state index contributed by atoms with van der Waals surface area (Å²) in [6, 6.07) is 3.52. The fourth-order valence-corrected chi connectivity index (χ4v) is 1.18. The van der Waals surface area contributed by atoms with E-state index in [2.05, 4.69) is 10.1 Å². The maximum Gasteiger partial charge on any atom is 0.325 e. The topological polar surface area (TPSA) is 119 Å². The van der Waals surface area contributed by atoms with Crippen molar-refractivity contribution < 1.29 is 24.4 Å². The van der Waals surface area contributed by atoms with Gasteiger partial charge in [-0.15, -0.1) is 0 Å². The molecular weight excluding hydrogens is 244 g/mol. The number of hydrogen-bond acceptors (Lipinski definition) is 6. The van der Waals surface area contributed by atoms with E-state index in [0.29, 0.717) is 0 Å². The standard InChI is InChI=1S/C10H10N2O6/c1-18-8(13)5-11-10(15)6-3-2-4-7(9(6)14)12(16)17/h2-4,14H,5H2,1H3,(H,11,15). The first-order chi connectivity index (χ1) is 8.47. The summed E-state index contributed by atoms with van der Waals surface area (Å²) in [6.45, 7) is -0.391. The van der Waals surface area contributed by atoms with Gasteiger partial charge in [-0.25, -0.2) is 0 Å². The van der Waals surface area contributed by atoms with Crippen molar-refractivity contribution in [2.45, 2.75) is 0 Å². The lowest BCUT2D eigenvalue weighted by molar-refractivity contribution is -0.385. The van der Waals surface area contributed by atoms with Crippen LogP contribution in [-0.2, 0) is 9.53 Å². The number of esters is 1. The van der Waals surface area contributed by atoms with Crippen LogP contribution in [0, 0.1) is 10.1 Å². The van der Waals surface area contributed by atoms with Crippen molar-refractivity contribution in [2.75, 3.05) is 13.7 Å². The van der Waals surface area contributed by atoms with Gasteiger partial charge in [-0.05, 0) is 6.07 Å². The first kappa shape index (κ1) is 13.4. The normalized spacial score (nSPS) is 9.61. The summed E-state index contributed by atoms with van der Waals surface area (Å²) in [6.07, 6.45) is 0. The van der Waals surface area contributed by atoms with Gasteiger partial charge in [-0.2, -0.15) is 0 Å². The average Bonchev–Trinajstić information content (AvgIpc) is 2.35. The molecule has 0 aliphatic heterocycles. The van der Waals surface area contributed by atoms with Gasteiger partial charge in [0.25, 0.3) is 5.91 Å². The molecule has 0 aromatic heterocycles. The molecule has 0 fully saturated rings. The molecule has 0 radical (unpaired) electrons.